The number of oxime groups is 1. The van der Waals surface area contributed by atoms with Gasteiger partial charge in [0.05, 0.1) is 0 Å². The molecule has 0 N–H and O–H groups in total. The second kappa shape index (κ2) is 7.69. The van der Waals surface area contributed by atoms with Crippen LogP contribution in [-0.2, 0) is 15.7 Å². The van der Waals surface area contributed by atoms with E-state index in [1.54, 1.807) is 0 Å². The van der Waals surface area contributed by atoms with Crippen molar-refractivity contribution in [3.05, 3.63) is 29.3 Å². The van der Waals surface area contributed by atoms with Crippen LogP contribution in [0, 0.1) is 0 Å². The Balaban J connectivity index is 2.66. The Morgan fingerprint density at radius 2 is 1.59 bits per heavy atom. The van der Waals surface area contributed by atoms with Gasteiger partial charge < -0.3 is 9.09 Å². The van der Waals surface area contributed by atoms with Crippen LogP contribution in [0.2, 0.25) is 36.3 Å². The number of rotatable bonds is 5. The standard InChI is InChI=1S/C23H40N2O2Si2/c1-12-14-17-15-13-16-18-19(24-27-29(10,11)23(5,6)7)21(26)25(20(17)18)28(8,9)22(2,3)4/h13,15-16H,12,14H2,1-11H3/b24-19+. The summed E-state index contributed by atoms with van der Waals surface area (Å²) in [6.07, 6.45) is 2.00. The molecule has 1 aromatic carbocycles. The number of hydrogen-bond acceptors (Lipinski definition) is 3. The molecule has 1 aliphatic heterocycles. The Kier molecular flexibility index (Phi) is 6.33. The zero-order valence-electron chi connectivity index (χ0n) is 20.4. The quantitative estimate of drug-likeness (QED) is 0.383. The summed E-state index contributed by atoms with van der Waals surface area (Å²) in [7, 11) is -4.24. The van der Waals surface area contributed by atoms with E-state index in [9.17, 15) is 4.79 Å². The van der Waals surface area contributed by atoms with Crippen LogP contribution in [0.25, 0.3) is 0 Å². The molecule has 2 rings (SSSR count). The van der Waals surface area contributed by atoms with Crippen LogP contribution in [0.1, 0.15) is 66.0 Å². The van der Waals surface area contributed by atoms with Gasteiger partial charge >= 0.3 is 0 Å². The van der Waals surface area contributed by atoms with Crippen LogP contribution in [-0.4, -0.2) is 28.2 Å². The minimum atomic E-state index is -2.14. The van der Waals surface area contributed by atoms with Gasteiger partial charge in [-0.25, -0.2) is 0 Å². The molecule has 0 saturated heterocycles. The molecular weight excluding hydrogens is 392 g/mol. The Bertz CT molecular complexity index is 815. The van der Waals surface area contributed by atoms with Crippen molar-refractivity contribution in [3.8, 4) is 0 Å². The van der Waals surface area contributed by atoms with Crippen molar-refractivity contribution in [2.75, 3.05) is 4.57 Å². The van der Waals surface area contributed by atoms with Crippen molar-refractivity contribution in [2.24, 2.45) is 5.16 Å². The maximum absolute atomic E-state index is 13.7. The highest BCUT2D eigenvalue weighted by atomic mass is 28.4. The molecular formula is C23H40N2O2Si2. The van der Waals surface area contributed by atoms with E-state index in [1.165, 1.54) is 5.56 Å². The number of nitrogens with zero attached hydrogens (tertiary/aromatic N) is 2. The highest BCUT2D eigenvalue weighted by molar-refractivity contribution is 6.90. The van der Waals surface area contributed by atoms with Gasteiger partial charge in [0.1, 0.15) is 0 Å². The Morgan fingerprint density at radius 1 is 1.00 bits per heavy atom. The fourth-order valence-electron chi connectivity index (χ4n) is 3.09. The predicted molar refractivity (Wildman–Crippen MR) is 130 cm³/mol. The largest absolute Gasteiger partial charge is 0.454 e. The Labute approximate surface area is 179 Å². The fraction of sp³-hybridized carbons (Fsp3) is 0.652. The molecule has 0 bridgehead atoms. The van der Waals surface area contributed by atoms with Gasteiger partial charge in [-0.2, -0.15) is 0 Å². The maximum atomic E-state index is 13.7. The molecule has 1 amide bonds. The summed E-state index contributed by atoms with van der Waals surface area (Å²) in [5.41, 5.74) is 3.72. The van der Waals surface area contributed by atoms with Crippen molar-refractivity contribution in [1.82, 2.24) is 0 Å². The van der Waals surface area contributed by atoms with Gasteiger partial charge in [0, 0.05) is 11.3 Å². The van der Waals surface area contributed by atoms with E-state index in [0.29, 0.717) is 5.71 Å². The first-order chi connectivity index (χ1) is 13.1. The molecule has 0 aliphatic carbocycles. The first-order valence-electron chi connectivity index (χ1n) is 10.8. The van der Waals surface area contributed by atoms with E-state index in [2.05, 4.69) is 90.4 Å². The number of amides is 1. The van der Waals surface area contributed by atoms with E-state index in [4.69, 9.17) is 4.53 Å². The van der Waals surface area contributed by atoms with Crippen LogP contribution in [0.4, 0.5) is 5.69 Å². The van der Waals surface area contributed by atoms with E-state index in [-0.39, 0.29) is 16.0 Å². The number of anilines is 1. The lowest BCUT2D eigenvalue weighted by atomic mass is 10.0. The number of para-hydroxylation sites is 1. The molecule has 4 nitrogen and oxygen atoms in total. The van der Waals surface area contributed by atoms with E-state index >= 15 is 0 Å². The molecule has 6 heteroatoms. The number of carbonyl (C=O) groups is 1. The topological polar surface area (TPSA) is 41.9 Å². The van der Waals surface area contributed by atoms with E-state index < -0.39 is 16.6 Å². The lowest BCUT2D eigenvalue weighted by molar-refractivity contribution is -0.111. The molecule has 162 valence electrons. The van der Waals surface area contributed by atoms with Crippen LogP contribution in [0.15, 0.2) is 23.4 Å². The number of benzene rings is 1. The minimum absolute atomic E-state index is 0.00820. The molecule has 0 saturated carbocycles. The van der Waals surface area contributed by atoms with Crippen molar-refractivity contribution in [3.63, 3.8) is 0 Å². The molecule has 29 heavy (non-hydrogen) atoms. The second-order valence-corrected chi connectivity index (χ2v) is 21.1. The SMILES string of the molecule is CCCc1cccc2c1N([Si](C)(C)C(C)(C)C)C(=O)/C2=N/O[Si](C)(C)C(C)(C)C. The Morgan fingerprint density at radius 3 is 2.07 bits per heavy atom. The van der Waals surface area contributed by atoms with E-state index in [1.807, 2.05) is 12.1 Å². The summed E-state index contributed by atoms with van der Waals surface area (Å²) in [5, 5.41) is 4.61. The highest BCUT2D eigenvalue weighted by Gasteiger charge is 2.51. The third-order valence-corrected chi connectivity index (χ3v) is 16.5. The summed E-state index contributed by atoms with van der Waals surface area (Å²) in [4.78, 5) is 13.7. The number of aryl methyl sites for hydroxylation is 1. The normalized spacial score (nSPS) is 17.1. The summed E-state index contributed by atoms with van der Waals surface area (Å²) in [6, 6.07) is 6.24. The van der Waals surface area contributed by atoms with Crippen molar-refractivity contribution < 1.29 is 9.32 Å². The molecule has 0 radical (unpaired) electrons. The Hall–Kier alpha value is -1.41. The van der Waals surface area contributed by atoms with E-state index in [0.717, 1.165) is 24.1 Å². The number of carbonyl (C=O) groups excluding carboxylic acids is 1. The molecule has 0 atom stereocenters. The first kappa shape index (κ1) is 23.9. The minimum Gasteiger partial charge on any atom is -0.454 e. The van der Waals surface area contributed by atoms with Gasteiger partial charge in [-0.3, -0.25) is 4.79 Å². The lowest BCUT2D eigenvalue weighted by Gasteiger charge is -2.44. The predicted octanol–water partition coefficient (Wildman–Crippen LogP) is 6.72. The third-order valence-electron chi connectivity index (χ3n) is 7.09. The molecule has 0 unspecified atom stereocenters. The molecule has 0 fully saturated rings. The van der Waals surface area contributed by atoms with Crippen LogP contribution in [0.5, 0.6) is 0 Å². The maximum Gasteiger partial charge on any atom is 0.286 e. The zero-order valence-corrected chi connectivity index (χ0v) is 22.4. The number of hydrogen-bond donors (Lipinski definition) is 0. The molecule has 1 aromatic rings. The van der Waals surface area contributed by atoms with Crippen LogP contribution >= 0.6 is 0 Å². The first-order valence-corrected chi connectivity index (χ1v) is 16.6. The van der Waals surface area contributed by atoms with Gasteiger partial charge in [0.15, 0.2) is 13.9 Å². The van der Waals surface area contributed by atoms with Crippen LogP contribution < -0.4 is 4.57 Å². The van der Waals surface area contributed by atoms with Gasteiger partial charge in [-0.05, 0) is 35.2 Å². The van der Waals surface area contributed by atoms with Gasteiger partial charge in [-0.15, -0.1) is 0 Å². The summed E-state index contributed by atoms with van der Waals surface area (Å²) in [5.74, 6) is 0.00820. The van der Waals surface area contributed by atoms with Gasteiger partial charge in [0.25, 0.3) is 14.2 Å². The van der Waals surface area contributed by atoms with Crippen molar-refractivity contribution in [2.45, 2.75) is 97.6 Å². The average Bonchev–Trinajstić information content (AvgIpc) is 2.84. The fourth-order valence-corrected chi connectivity index (χ4v) is 5.79. The monoisotopic (exact) mass is 432 g/mol. The summed E-state index contributed by atoms with van der Waals surface area (Å²) in [6.45, 7) is 24.4. The zero-order chi connectivity index (χ0) is 22.4. The van der Waals surface area contributed by atoms with Crippen molar-refractivity contribution in [1.29, 1.82) is 0 Å². The third kappa shape index (κ3) is 4.24. The summed E-state index contributed by atoms with van der Waals surface area (Å²) < 4.78 is 8.26. The average molecular weight is 433 g/mol. The van der Waals surface area contributed by atoms with Gasteiger partial charge in [-0.1, -0.05) is 91.3 Å². The summed E-state index contributed by atoms with van der Waals surface area (Å²) >= 11 is 0. The highest BCUT2D eigenvalue weighted by Crippen LogP contribution is 2.46. The number of fused-ring (bicyclic) bond motifs is 1. The molecule has 0 spiro atoms. The molecule has 1 aliphatic rings. The lowest BCUT2D eigenvalue weighted by Crippen LogP contribution is -2.57. The van der Waals surface area contributed by atoms with Gasteiger partial charge in [0.2, 0.25) is 0 Å². The van der Waals surface area contributed by atoms with Crippen LogP contribution in [0.3, 0.4) is 0 Å². The second-order valence-electron chi connectivity index (χ2n) is 11.3. The molecule has 1 heterocycles. The molecule has 0 aromatic heterocycles. The smallest absolute Gasteiger partial charge is 0.286 e. The van der Waals surface area contributed by atoms with Crippen molar-refractivity contribution >= 4 is 33.9 Å².